The normalized spacial score (nSPS) is 29.6. The molecular formula is C12H12N4O4. The molecule has 1 unspecified atom stereocenters. The molecule has 3 rings (SSSR count). The molecule has 0 aromatic carbocycles. The molecule has 0 bridgehead atoms. The Balaban J connectivity index is 2.02. The van der Waals surface area contributed by atoms with Crippen LogP contribution in [0.2, 0.25) is 0 Å². The standard InChI is InChI=1S/C12H12N4O4/c1-2-12(4-17)7(18)3-8(20-12)16-6-15-9-10(16)13-5-14-11(9)19/h1,5-8,17-18H,3-4H2,(H,13,14,19)/t7?,8-,12-/m1/s1. The zero-order valence-corrected chi connectivity index (χ0v) is 10.3. The van der Waals surface area contributed by atoms with Gasteiger partial charge in [0.05, 0.1) is 12.9 Å². The molecule has 2 aromatic rings. The van der Waals surface area contributed by atoms with Gasteiger partial charge in [0.1, 0.15) is 18.7 Å². The van der Waals surface area contributed by atoms with Crippen LogP contribution in [0, 0.1) is 12.3 Å². The number of fused-ring (bicyclic) bond motifs is 1. The van der Waals surface area contributed by atoms with Gasteiger partial charge in [0, 0.05) is 6.42 Å². The second-order valence-corrected chi connectivity index (χ2v) is 4.54. The van der Waals surface area contributed by atoms with E-state index >= 15 is 0 Å². The maximum Gasteiger partial charge on any atom is 0.242 e. The highest BCUT2D eigenvalue weighted by atomic mass is 16.6. The number of hydrogen-bond acceptors (Lipinski definition) is 7. The number of aliphatic hydroxyl groups is 2. The van der Waals surface area contributed by atoms with E-state index in [0.29, 0.717) is 5.65 Å². The fraction of sp³-hybridized carbons (Fsp3) is 0.417. The van der Waals surface area contributed by atoms with Crippen LogP contribution in [-0.4, -0.2) is 53.2 Å². The Hall–Kier alpha value is -2.21. The SMILES string of the molecule is C#C[C@]1(CO)O[C@@H](n2cnc3c(O)ncnc32)CC1O. The van der Waals surface area contributed by atoms with Gasteiger partial charge in [-0.3, -0.25) is 4.57 Å². The lowest BCUT2D eigenvalue weighted by atomic mass is 9.99. The van der Waals surface area contributed by atoms with Gasteiger partial charge in [-0.25, -0.2) is 9.97 Å². The van der Waals surface area contributed by atoms with Crippen molar-refractivity contribution >= 4 is 11.2 Å². The largest absolute Gasteiger partial charge is 0.492 e. The van der Waals surface area contributed by atoms with Crippen molar-refractivity contribution < 1.29 is 20.1 Å². The van der Waals surface area contributed by atoms with Gasteiger partial charge in [0.2, 0.25) is 5.88 Å². The predicted octanol–water partition coefficient (Wildman–Crippen LogP) is -0.824. The summed E-state index contributed by atoms with van der Waals surface area (Å²) >= 11 is 0. The highest BCUT2D eigenvalue weighted by Gasteiger charge is 2.47. The van der Waals surface area contributed by atoms with E-state index in [4.69, 9.17) is 11.2 Å². The highest BCUT2D eigenvalue weighted by molar-refractivity contribution is 5.75. The molecule has 1 aliphatic rings. The minimum Gasteiger partial charge on any atom is -0.492 e. The van der Waals surface area contributed by atoms with Crippen molar-refractivity contribution in [1.82, 2.24) is 19.5 Å². The molecule has 104 valence electrons. The van der Waals surface area contributed by atoms with Crippen LogP contribution < -0.4 is 0 Å². The fourth-order valence-corrected chi connectivity index (χ4v) is 2.29. The minimum atomic E-state index is -1.43. The second-order valence-electron chi connectivity index (χ2n) is 4.54. The maximum atomic E-state index is 9.99. The van der Waals surface area contributed by atoms with Crippen LogP contribution in [0.25, 0.3) is 11.2 Å². The van der Waals surface area contributed by atoms with Gasteiger partial charge in [-0.15, -0.1) is 6.42 Å². The quantitative estimate of drug-likeness (QED) is 0.614. The Morgan fingerprint density at radius 1 is 1.50 bits per heavy atom. The molecule has 8 nitrogen and oxygen atoms in total. The molecule has 20 heavy (non-hydrogen) atoms. The van der Waals surface area contributed by atoms with E-state index in [2.05, 4.69) is 20.9 Å². The van der Waals surface area contributed by atoms with Crippen LogP contribution in [0.1, 0.15) is 12.6 Å². The molecule has 0 saturated carbocycles. The number of hydrogen-bond donors (Lipinski definition) is 3. The van der Waals surface area contributed by atoms with Gasteiger partial charge >= 0.3 is 0 Å². The first-order chi connectivity index (χ1) is 9.61. The van der Waals surface area contributed by atoms with Crippen LogP contribution >= 0.6 is 0 Å². The number of aromatic hydroxyl groups is 1. The molecule has 2 aromatic heterocycles. The molecule has 0 radical (unpaired) electrons. The number of terminal acetylenes is 1. The van der Waals surface area contributed by atoms with Gasteiger partial charge in [-0.1, -0.05) is 5.92 Å². The van der Waals surface area contributed by atoms with E-state index < -0.39 is 24.5 Å². The lowest BCUT2D eigenvalue weighted by Crippen LogP contribution is -2.41. The summed E-state index contributed by atoms with van der Waals surface area (Å²) in [6.45, 7) is -0.492. The smallest absolute Gasteiger partial charge is 0.242 e. The van der Waals surface area contributed by atoms with Gasteiger partial charge < -0.3 is 20.1 Å². The molecule has 0 aliphatic carbocycles. The van der Waals surface area contributed by atoms with Crippen molar-refractivity contribution in [1.29, 1.82) is 0 Å². The topological polar surface area (TPSA) is 114 Å². The Kier molecular flexibility index (Phi) is 2.83. The van der Waals surface area contributed by atoms with Crippen molar-refractivity contribution in [2.24, 2.45) is 0 Å². The summed E-state index contributed by atoms with van der Waals surface area (Å²) in [6.07, 6.45) is 6.50. The molecule has 1 fully saturated rings. The molecule has 3 atom stereocenters. The Labute approximate surface area is 113 Å². The average Bonchev–Trinajstić information content (AvgIpc) is 3.01. The number of rotatable bonds is 2. The monoisotopic (exact) mass is 276 g/mol. The van der Waals surface area contributed by atoms with Gasteiger partial charge in [-0.2, -0.15) is 4.98 Å². The summed E-state index contributed by atoms with van der Waals surface area (Å²) < 4.78 is 7.13. The minimum absolute atomic E-state index is 0.182. The Bertz CT molecular complexity index is 694. The summed E-state index contributed by atoms with van der Waals surface area (Å²) in [7, 11) is 0. The van der Waals surface area contributed by atoms with Crippen LogP contribution in [0.3, 0.4) is 0 Å². The Morgan fingerprint density at radius 2 is 2.30 bits per heavy atom. The third-order valence-corrected chi connectivity index (χ3v) is 3.44. The van der Waals surface area contributed by atoms with Crippen LogP contribution in [0.15, 0.2) is 12.7 Å². The van der Waals surface area contributed by atoms with Crippen LogP contribution in [0.4, 0.5) is 0 Å². The summed E-state index contributed by atoms with van der Waals surface area (Å²) in [6, 6.07) is 0. The molecule has 8 heteroatoms. The van der Waals surface area contributed by atoms with E-state index in [9.17, 15) is 15.3 Å². The zero-order chi connectivity index (χ0) is 14.3. The van der Waals surface area contributed by atoms with E-state index in [1.165, 1.54) is 17.2 Å². The first kappa shape index (κ1) is 12.8. The van der Waals surface area contributed by atoms with E-state index in [1.54, 1.807) is 0 Å². The number of aromatic nitrogens is 4. The molecule has 1 saturated heterocycles. The summed E-state index contributed by atoms with van der Waals surface area (Å²) in [5, 5.41) is 28.9. The highest BCUT2D eigenvalue weighted by Crippen LogP contribution is 2.37. The Morgan fingerprint density at radius 3 is 2.95 bits per heavy atom. The second kappa shape index (κ2) is 4.42. The number of nitrogens with zero attached hydrogens (tertiary/aromatic N) is 4. The molecule has 1 aliphatic heterocycles. The van der Waals surface area contributed by atoms with Crippen molar-refractivity contribution in [3.63, 3.8) is 0 Å². The molecule has 3 heterocycles. The van der Waals surface area contributed by atoms with Crippen LogP contribution in [0.5, 0.6) is 5.88 Å². The number of ether oxygens (including phenoxy) is 1. The van der Waals surface area contributed by atoms with Gasteiger partial charge in [0.15, 0.2) is 16.8 Å². The van der Waals surface area contributed by atoms with Gasteiger partial charge in [-0.05, 0) is 0 Å². The van der Waals surface area contributed by atoms with Gasteiger partial charge in [0.25, 0.3) is 0 Å². The summed E-state index contributed by atoms with van der Waals surface area (Å²) in [5.41, 5.74) is -0.843. The third kappa shape index (κ3) is 1.65. The third-order valence-electron chi connectivity index (χ3n) is 3.44. The first-order valence-corrected chi connectivity index (χ1v) is 5.92. The first-order valence-electron chi connectivity index (χ1n) is 5.92. The average molecular weight is 276 g/mol. The van der Waals surface area contributed by atoms with Crippen molar-refractivity contribution in [2.75, 3.05) is 6.61 Å². The van der Waals surface area contributed by atoms with Crippen LogP contribution in [-0.2, 0) is 4.74 Å². The van der Waals surface area contributed by atoms with E-state index in [1.807, 2.05) is 0 Å². The molecule has 3 N–H and O–H groups in total. The molecular weight excluding hydrogens is 264 g/mol. The summed E-state index contributed by atoms with van der Waals surface area (Å²) in [5.74, 6) is 2.05. The fourth-order valence-electron chi connectivity index (χ4n) is 2.29. The van der Waals surface area contributed by atoms with E-state index in [-0.39, 0.29) is 17.8 Å². The predicted molar refractivity (Wildman–Crippen MR) is 66.4 cm³/mol. The lowest BCUT2D eigenvalue weighted by molar-refractivity contribution is -0.0891. The summed E-state index contributed by atoms with van der Waals surface area (Å²) in [4.78, 5) is 11.7. The number of aliphatic hydroxyl groups excluding tert-OH is 2. The number of imidazole rings is 1. The molecule has 0 amide bonds. The maximum absolute atomic E-state index is 9.99. The van der Waals surface area contributed by atoms with E-state index in [0.717, 1.165) is 0 Å². The van der Waals surface area contributed by atoms with Crippen molar-refractivity contribution in [3.8, 4) is 18.2 Å². The zero-order valence-electron chi connectivity index (χ0n) is 10.3. The van der Waals surface area contributed by atoms with Crippen molar-refractivity contribution in [3.05, 3.63) is 12.7 Å². The molecule has 0 spiro atoms. The van der Waals surface area contributed by atoms with Crippen molar-refractivity contribution in [2.45, 2.75) is 24.4 Å². The lowest BCUT2D eigenvalue weighted by Gasteiger charge is -2.23.